The van der Waals surface area contributed by atoms with Gasteiger partial charge in [-0.3, -0.25) is 9.88 Å². The van der Waals surface area contributed by atoms with Crippen LogP contribution in [0.5, 0.6) is 0 Å². The predicted octanol–water partition coefficient (Wildman–Crippen LogP) is 3.30. The van der Waals surface area contributed by atoms with E-state index in [1.165, 1.54) is 6.33 Å². The van der Waals surface area contributed by atoms with Crippen molar-refractivity contribution < 1.29 is 5.11 Å². The number of aliphatic hydroxyl groups excluding tert-OH is 1. The van der Waals surface area contributed by atoms with Gasteiger partial charge in [-0.1, -0.05) is 17.7 Å². The van der Waals surface area contributed by atoms with E-state index in [1.54, 1.807) is 0 Å². The van der Waals surface area contributed by atoms with E-state index in [1.807, 2.05) is 37.4 Å². The predicted molar refractivity (Wildman–Crippen MR) is 103 cm³/mol. The molecule has 0 saturated carbocycles. The smallest absolute Gasteiger partial charge is 0.160 e. The molecule has 2 N–H and O–H groups in total. The maximum absolute atomic E-state index is 9.67. The molecule has 1 atom stereocenters. The number of aliphatic hydroxyl groups is 1. The summed E-state index contributed by atoms with van der Waals surface area (Å²) in [6.07, 6.45) is 4.00. The number of aromatic nitrogens is 3. The largest absolute Gasteiger partial charge is 0.392 e. The van der Waals surface area contributed by atoms with Gasteiger partial charge in [0, 0.05) is 36.5 Å². The minimum atomic E-state index is -0.220. The van der Waals surface area contributed by atoms with Gasteiger partial charge < -0.3 is 10.4 Å². The maximum Gasteiger partial charge on any atom is 0.160 e. The Bertz CT molecular complexity index is 948. The van der Waals surface area contributed by atoms with Gasteiger partial charge in [0.2, 0.25) is 0 Å². The summed E-state index contributed by atoms with van der Waals surface area (Å²) in [6.45, 7) is 4.34. The zero-order chi connectivity index (χ0) is 18.1. The van der Waals surface area contributed by atoms with Crippen LogP contribution in [0.15, 0.2) is 36.8 Å². The number of nitrogens with zero attached hydrogens (tertiary/aromatic N) is 4. The molecule has 1 aliphatic heterocycles. The van der Waals surface area contributed by atoms with Gasteiger partial charge in [-0.25, -0.2) is 9.97 Å². The van der Waals surface area contributed by atoms with E-state index >= 15 is 0 Å². The molecular weight excluding hydrogens is 350 g/mol. The molecule has 0 amide bonds. The number of fused-ring (bicyclic) bond motifs is 1. The second-order valence-electron chi connectivity index (χ2n) is 6.65. The van der Waals surface area contributed by atoms with Crippen LogP contribution in [0.4, 0.5) is 11.5 Å². The average Bonchev–Trinajstić information content (AvgIpc) is 3.04. The molecule has 6 nitrogen and oxygen atoms in total. The monoisotopic (exact) mass is 369 g/mol. The highest BCUT2D eigenvalue weighted by molar-refractivity contribution is 6.31. The lowest BCUT2D eigenvalue weighted by molar-refractivity contribution is 0.175. The van der Waals surface area contributed by atoms with Crippen molar-refractivity contribution in [2.24, 2.45) is 0 Å². The van der Waals surface area contributed by atoms with Gasteiger partial charge in [0.15, 0.2) is 5.82 Å². The van der Waals surface area contributed by atoms with E-state index in [4.69, 9.17) is 11.6 Å². The SMILES string of the molecule is Cc1c(Cl)cccc1Nc1ncnc2cc(CN3CCC(O)C3)cnc12. The van der Waals surface area contributed by atoms with Crippen molar-refractivity contribution in [3.8, 4) is 0 Å². The Morgan fingerprint density at radius 1 is 1.31 bits per heavy atom. The number of likely N-dealkylation sites (tertiary alicyclic amines) is 1. The lowest BCUT2D eigenvalue weighted by Gasteiger charge is -2.15. The highest BCUT2D eigenvalue weighted by atomic mass is 35.5. The van der Waals surface area contributed by atoms with Crippen LogP contribution in [-0.4, -0.2) is 44.2 Å². The minimum Gasteiger partial charge on any atom is -0.392 e. The minimum absolute atomic E-state index is 0.220. The summed E-state index contributed by atoms with van der Waals surface area (Å²) in [6, 6.07) is 7.75. The van der Waals surface area contributed by atoms with Gasteiger partial charge in [0.1, 0.15) is 11.8 Å². The van der Waals surface area contributed by atoms with Crippen LogP contribution in [0.3, 0.4) is 0 Å². The van der Waals surface area contributed by atoms with E-state index in [-0.39, 0.29) is 6.10 Å². The summed E-state index contributed by atoms with van der Waals surface area (Å²) in [5.74, 6) is 0.656. The number of anilines is 2. The molecule has 4 rings (SSSR count). The fourth-order valence-electron chi connectivity index (χ4n) is 3.25. The Morgan fingerprint density at radius 2 is 2.19 bits per heavy atom. The van der Waals surface area contributed by atoms with Crippen LogP contribution in [0.25, 0.3) is 11.0 Å². The van der Waals surface area contributed by atoms with Gasteiger partial charge in [0.05, 0.1) is 11.6 Å². The summed E-state index contributed by atoms with van der Waals surface area (Å²) in [5.41, 5.74) is 4.45. The number of benzene rings is 1. The number of hydrogen-bond acceptors (Lipinski definition) is 6. The van der Waals surface area contributed by atoms with Crippen LogP contribution >= 0.6 is 11.6 Å². The van der Waals surface area contributed by atoms with Gasteiger partial charge in [-0.15, -0.1) is 0 Å². The highest BCUT2D eigenvalue weighted by Gasteiger charge is 2.20. The Kier molecular flexibility index (Phi) is 4.72. The lowest BCUT2D eigenvalue weighted by Crippen LogP contribution is -2.21. The summed E-state index contributed by atoms with van der Waals surface area (Å²) in [7, 11) is 0. The maximum atomic E-state index is 9.67. The van der Waals surface area contributed by atoms with E-state index in [0.717, 1.165) is 47.4 Å². The number of nitrogens with one attached hydrogen (secondary N) is 1. The Balaban J connectivity index is 1.61. The van der Waals surface area contributed by atoms with Crippen molar-refractivity contribution in [3.63, 3.8) is 0 Å². The van der Waals surface area contributed by atoms with Crippen LogP contribution in [0.2, 0.25) is 5.02 Å². The molecule has 1 aromatic carbocycles. The molecule has 3 heterocycles. The standard InChI is InChI=1S/C19H20ClN5O/c1-12-15(20)3-2-4-16(12)24-19-18-17(22-11-23-19)7-13(8-21-18)9-25-6-5-14(26)10-25/h2-4,7-8,11,14,26H,5-6,9-10H2,1H3,(H,22,23,24). The van der Waals surface area contributed by atoms with Gasteiger partial charge >= 0.3 is 0 Å². The Labute approximate surface area is 156 Å². The van der Waals surface area contributed by atoms with Crippen molar-refractivity contribution in [1.82, 2.24) is 19.9 Å². The summed E-state index contributed by atoms with van der Waals surface area (Å²) in [5, 5.41) is 13.7. The molecule has 0 spiro atoms. The molecule has 2 aromatic heterocycles. The zero-order valence-corrected chi connectivity index (χ0v) is 15.2. The van der Waals surface area contributed by atoms with Crippen molar-refractivity contribution in [3.05, 3.63) is 52.9 Å². The topological polar surface area (TPSA) is 74.2 Å². The number of β-amino-alcohol motifs (C(OH)–C–C–N with tert-alkyl or cyclic N) is 1. The molecule has 0 aliphatic carbocycles. The zero-order valence-electron chi connectivity index (χ0n) is 14.5. The van der Waals surface area contributed by atoms with Crippen molar-refractivity contribution in [2.45, 2.75) is 26.0 Å². The van der Waals surface area contributed by atoms with Crippen molar-refractivity contribution in [2.75, 3.05) is 18.4 Å². The quantitative estimate of drug-likeness (QED) is 0.735. The highest BCUT2D eigenvalue weighted by Crippen LogP contribution is 2.28. The summed E-state index contributed by atoms with van der Waals surface area (Å²) < 4.78 is 0. The third-order valence-electron chi connectivity index (χ3n) is 4.71. The Hall–Kier alpha value is -2.28. The van der Waals surface area contributed by atoms with Gasteiger partial charge in [-0.05, 0) is 42.7 Å². The first-order valence-electron chi connectivity index (χ1n) is 8.62. The molecule has 134 valence electrons. The van der Waals surface area contributed by atoms with E-state index in [9.17, 15) is 5.11 Å². The molecule has 3 aromatic rings. The first-order chi connectivity index (χ1) is 12.6. The number of hydrogen-bond donors (Lipinski definition) is 2. The third-order valence-corrected chi connectivity index (χ3v) is 5.12. The first kappa shape index (κ1) is 17.1. The van der Waals surface area contributed by atoms with Crippen molar-refractivity contribution in [1.29, 1.82) is 0 Å². The molecule has 1 saturated heterocycles. The Morgan fingerprint density at radius 3 is 3.00 bits per heavy atom. The van der Waals surface area contributed by atoms with Gasteiger partial charge in [-0.2, -0.15) is 0 Å². The average molecular weight is 370 g/mol. The summed E-state index contributed by atoms with van der Waals surface area (Å²) >= 11 is 6.20. The second kappa shape index (κ2) is 7.15. The van der Waals surface area contributed by atoms with Crippen molar-refractivity contribution >= 4 is 34.1 Å². The first-order valence-corrected chi connectivity index (χ1v) is 9.00. The van der Waals surface area contributed by atoms with E-state index in [2.05, 4.69) is 25.2 Å². The van der Waals surface area contributed by atoms with Gasteiger partial charge in [0.25, 0.3) is 0 Å². The number of halogens is 1. The normalized spacial score (nSPS) is 17.7. The fraction of sp³-hybridized carbons (Fsp3) is 0.316. The van der Waals surface area contributed by atoms with Crippen LogP contribution in [-0.2, 0) is 6.54 Å². The molecule has 26 heavy (non-hydrogen) atoms. The number of rotatable bonds is 4. The molecule has 1 fully saturated rings. The number of pyridine rings is 1. The third kappa shape index (κ3) is 3.49. The molecule has 0 bridgehead atoms. The molecule has 0 radical (unpaired) electrons. The van der Waals surface area contributed by atoms with E-state index in [0.29, 0.717) is 17.4 Å². The molecule has 7 heteroatoms. The molecule has 1 aliphatic rings. The second-order valence-corrected chi connectivity index (χ2v) is 7.06. The molecular formula is C19H20ClN5O. The van der Waals surface area contributed by atoms with E-state index < -0.39 is 0 Å². The van der Waals surface area contributed by atoms with Crippen LogP contribution < -0.4 is 5.32 Å². The molecule has 1 unspecified atom stereocenters. The summed E-state index contributed by atoms with van der Waals surface area (Å²) in [4.78, 5) is 15.5. The van der Waals surface area contributed by atoms with Crippen LogP contribution in [0, 0.1) is 6.92 Å². The van der Waals surface area contributed by atoms with Crippen LogP contribution in [0.1, 0.15) is 17.5 Å². The fourth-order valence-corrected chi connectivity index (χ4v) is 3.42. The lowest BCUT2D eigenvalue weighted by atomic mass is 10.2.